The van der Waals surface area contributed by atoms with E-state index in [4.69, 9.17) is 13.9 Å². The van der Waals surface area contributed by atoms with Crippen molar-refractivity contribution in [2.75, 3.05) is 0 Å². The summed E-state index contributed by atoms with van der Waals surface area (Å²) in [6, 6.07) is 8.26. The third kappa shape index (κ3) is 8.46. The Morgan fingerprint density at radius 1 is 1.11 bits per heavy atom. The van der Waals surface area contributed by atoms with Gasteiger partial charge in [-0.25, -0.2) is 4.79 Å². The number of rotatable bonds is 12. The van der Waals surface area contributed by atoms with E-state index in [2.05, 4.69) is 30.9 Å². The molecule has 38 heavy (non-hydrogen) atoms. The Bertz CT molecular complexity index is 1290. The third-order valence-corrected chi connectivity index (χ3v) is 6.97. The van der Waals surface area contributed by atoms with Gasteiger partial charge >= 0.3 is 12.3 Å². The molecule has 5 nitrogen and oxygen atoms in total. The number of hydrogen-bond donors (Lipinski definition) is 1. The molecule has 0 radical (unpaired) electrons. The lowest BCUT2D eigenvalue weighted by atomic mass is 10.0. The minimum Gasteiger partial charge on any atom is -0.477 e. The summed E-state index contributed by atoms with van der Waals surface area (Å²) in [6.07, 6.45) is -0.989. The number of thiol groups is 1. The van der Waals surface area contributed by atoms with Crippen molar-refractivity contribution in [2.24, 2.45) is 0 Å². The van der Waals surface area contributed by atoms with E-state index < -0.39 is 22.9 Å². The Kier molecular flexibility index (Phi) is 9.19. The number of hydrogen-bond acceptors (Lipinski definition) is 7. The molecule has 2 heterocycles. The van der Waals surface area contributed by atoms with E-state index in [9.17, 15) is 18.0 Å². The topological polar surface area (TPSA) is 57.9 Å². The molecular formula is C28H33F3O5S2. The van der Waals surface area contributed by atoms with Gasteiger partial charge in [0.15, 0.2) is 10.7 Å². The van der Waals surface area contributed by atoms with Crippen LogP contribution >= 0.6 is 24.0 Å². The summed E-state index contributed by atoms with van der Waals surface area (Å²) in [6.45, 7) is 12.5. The number of benzene rings is 1. The van der Waals surface area contributed by atoms with Gasteiger partial charge in [0.1, 0.15) is 27.6 Å². The van der Waals surface area contributed by atoms with Gasteiger partial charge in [0, 0.05) is 28.3 Å². The molecule has 0 aliphatic rings. The SMILES string of the molecule is C=C(C)C(=O)OC(C)(C)CC(C)(S)Oc1ccc2cc(-c3sc(CCCCC)cc3OC(F)(F)F)oc2c1. The van der Waals surface area contributed by atoms with E-state index in [1.807, 2.05) is 0 Å². The predicted octanol–water partition coefficient (Wildman–Crippen LogP) is 9.11. The van der Waals surface area contributed by atoms with Crippen LogP contribution in [-0.4, -0.2) is 22.9 Å². The number of furan rings is 1. The third-order valence-electron chi connectivity index (χ3n) is 5.53. The number of halogens is 3. The van der Waals surface area contributed by atoms with E-state index in [-0.39, 0.29) is 22.8 Å². The molecule has 0 fully saturated rings. The Hall–Kier alpha value is -2.59. The number of ether oxygens (including phenoxy) is 3. The first-order valence-corrected chi connectivity index (χ1v) is 13.6. The molecule has 0 bridgehead atoms. The maximum Gasteiger partial charge on any atom is 0.573 e. The number of alkyl halides is 3. The fourth-order valence-corrected chi connectivity index (χ4v) is 5.67. The molecule has 0 N–H and O–H groups in total. The first-order chi connectivity index (χ1) is 17.6. The van der Waals surface area contributed by atoms with Gasteiger partial charge in [-0.3, -0.25) is 0 Å². The predicted molar refractivity (Wildman–Crippen MR) is 147 cm³/mol. The van der Waals surface area contributed by atoms with Gasteiger partial charge in [-0.2, -0.15) is 0 Å². The number of carbonyl (C=O) groups excluding carboxylic acids is 1. The molecular weight excluding hydrogens is 537 g/mol. The summed E-state index contributed by atoms with van der Waals surface area (Å²) in [5.41, 5.74) is -0.146. The second kappa shape index (κ2) is 11.7. The summed E-state index contributed by atoms with van der Waals surface area (Å²) < 4.78 is 61.1. The lowest BCUT2D eigenvalue weighted by Gasteiger charge is -2.34. The Labute approximate surface area is 230 Å². The van der Waals surface area contributed by atoms with Crippen LogP contribution in [0.1, 0.15) is 65.2 Å². The minimum atomic E-state index is -4.81. The zero-order valence-electron chi connectivity index (χ0n) is 22.2. The molecule has 2 aromatic heterocycles. The maximum absolute atomic E-state index is 13.1. The van der Waals surface area contributed by atoms with Crippen molar-refractivity contribution in [3.63, 3.8) is 0 Å². The maximum atomic E-state index is 13.1. The highest BCUT2D eigenvalue weighted by Gasteiger charge is 2.35. The van der Waals surface area contributed by atoms with E-state index in [0.717, 1.165) is 24.1 Å². The quantitative estimate of drug-likeness (QED) is 0.0774. The average Bonchev–Trinajstić information content (AvgIpc) is 3.34. The average molecular weight is 571 g/mol. The van der Waals surface area contributed by atoms with Crippen molar-refractivity contribution >= 4 is 40.9 Å². The summed E-state index contributed by atoms with van der Waals surface area (Å²) in [5, 5.41) is 0.697. The largest absolute Gasteiger partial charge is 0.573 e. The molecule has 3 rings (SSSR count). The van der Waals surface area contributed by atoms with Gasteiger partial charge in [0.05, 0.1) is 0 Å². The molecule has 1 atom stereocenters. The first kappa shape index (κ1) is 30.0. The van der Waals surface area contributed by atoms with E-state index in [0.29, 0.717) is 28.7 Å². The summed E-state index contributed by atoms with van der Waals surface area (Å²) in [4.78, 5) is 12.0. The number of carbonyl (C=O) groups is 1. The summed E-state index contributed by atoms with van der Waals surface area (Å²) in [7, 11) is 0. The molecule has 0 aliphatic carbocycles. The van der Waals surface area contributed by atoms with E-state index >= 15 is 0 Å². The van der Waals surface area contributed by atoms with Crippen molar-refractivity contribution in [3.05, 3.63) is 47.4 Å². The second-order valence-electron chi connectivity index (χ2n) is 10.1. The van der Waals surface area contributed by atoms with Crippen molar-refractivity contribution in [1.29, 1.82) is 0 Å². The van der Waals surface area contributed by atoms with Crippen LogP contribution < -0.4 is 9.47 Å². The second-order valence-corrected chi connectivity index (χ2v) is 12.2. The Morgan fingerprint density at radius 2 is 1.82 bits per heavy atom. The lowest BCUT2D eigenvalue weighted by Crippen LogP contribution is -2.39. The van der Waals surface area contributed by atoms with Gasteiger partial charge in [0.2, 0.25) is 0 Å². The normalized spacial score (nSPS) is 13.8. The highest BCUT2D eigenvalue weighted by Crippen LogP contribution is 2.44. The molecule has 0 aliphatic heterocycles. The smallest absolute Gasteiger partial charge is 0.477 e. The van der Waals surface area contributed by atoms with Gasteiger partial charge in [-0.15, -0.1) is 37.1 Å². The molecule has 10 heteroatoms. The molecule has 0 amide bonds. The molecule has 0 saturated carbocycles. The zero-order chi connectivity index (χ0) is 28.3. The fraction of sp³-hybridized carbons (Fsp3) is 0.464. The van der Waals surface area contributed by atoms with Crippen molar-refractivity contribution < 1.29 is 36.6 Å². The van der Waals surface area contributed by atoms with Crippen LogP contribution in [0.2, 0.25) is 0 Å². The Balaban J connectivity index is 1.84. The van der Waals surface area contributed by atoms with Gasteiger partial charge in [0.25, 0.3) is 0 Å². The molecule has 3 aromatic rings. The standard InChI is InChI=1S/C28H33F3O5S2/c1-7-8-9-10-20-15-23(35-28(29,30)31)24(38-20)22-13-18-11-12-19(14-21(18)33-22)34-27(6,37)16-26(4,5)36-25(32)17(2)3/h11-15,37H,2,7-10,16H2,1,3-6H3. The van der Waals surface area contributed by atoms with Crippen LogP contribution in [0.4, 0.5) is 13.2 Å². The molecule has 1 unspecified atom stereocenters. The van der Waals surface area contributed by atoms with Crippen LogP contribution in [0.15, 0.2) is 46.9 Å². The number of fused-ring (bicyclic) bond motifs is 1. The van der Waals surface area contributed by atoms with Crippen molar-refractivity contribution in [3.8, 4) is 22.1 Å². The summed E-state index contributed by atoms with van der Waals surface area (Å²) >= 11 is 5.86. The number of unbranched alkanes of at least 4 members (excludes halogenated alkanes) is 2. The Morgan fingerprint density at radius 3 is 2.45 bits per heavy atom. The number of thiophene rings is 1. The van der Waals surface area contributed by atoms with Crippen LogP contribution in [0.5, 0.6) is 11.5 Å². The lowest BCUT2D eigenvalue weighted by molar-refractivity contribution is -0.274. The summed E-state index contributed by atoms with van der Waals surface area (Å²) in [5.74, 6) is -0.0422. The van der Waals surface area contributed by atoms with Crippen LogP contribution in [0, 0.1) is 0 Å². The van der Waals surface area contributed by atoms with E-state index in [1.54, 1.807) is 52.0 Å². The highest BCUT2D eigenvalue weighted by molar-refractivity contribution is 7.81. The van der Waals surface area contributed by atoms with Gasteiger partial charge < -0.3 is 18.6 Å². The van der Waals surface area contributed by atoms with Gasteiger partial charge in [-0.1, -0.05) is 26.3 Å². The zero-order valence-corrected chi connectivity index (χ0v) is 23.9. The minimum absolute atomic E-state index is 0.262. The molecule has 0 saturated heterocycles. The highest BCUT2D eigenvalue weighted by atomic mass is 32.1. The fourth-order valence-electron chi connectivity index (χ4n) is 4.11. The number of aryl methyl sites for hydroxylation is 1. The first-order valence-electron chi connectivity index (χ1n) is 12.3. The molecule has 1 aromatic carbocycles. The molecule has 0 spiro atoms. The monoisotopic (exact) mass is 570 g/mol. The van der Waals surface area contributed by atoms with Gasteiger partial charge in [-0.05, 0) is 64.8 Å². The van der Waals surface area contributed by atoms with Crippen LogP contribution in [0.3, 0.4) is 0 Å². The van der Waals surface area contributed by atoms with Crippen molar-refractivity contribution in [1.82, 2.24) is 0 Å². The molecule has 208 valence electrons. The number of esters is 1. The van der Waals surface area contributed by atoms with Crippen LogP contribution in [-0.2, 0) is 16.0 Å². The van der Waals surface area contributed by atoms with Crippen molar-refractivity contribution in [2.45, 2.75) is 83.6 Å². The van der Waals surface area contributed by atoms with E-state index in [1.165, 1.54) is 17.4 Å². The van der Waals surface area contributed by atoms with Crippen LogP contribution in [0.25, 0.3) is 21.6 Å².